The van der Waals surface area contributed by atoms with Crippen LogP contribution in [0.2, 0.25) is 0 Å². The number of nitriles is 1. The number of benzene rings is 3. The first-order valence-corrected chi connectivity index (χ1v) is 9.66. The Bertz CT molecular complexity index is 1090. The van der Waals surface area contributed by atoms with Crippen LogP contribution in [0.25, 0.3) is 22.3 Å². The normalized spacial score (nSPS) is 10.2. The summed E-state index contributed by atoms with van der Waals surface area (Å²) in [5.41, 5.74) is 5.02. The van der Waals surface area contributed by atoms with Gasteiger partial charge in [0.15, 0.2) is 0 Å². The first-order chi connectivity index (χ1) is 14.6. The molecule has 3 aromatic rings. The van der Waals surface area contributed by atoms with E-state index >= 15 is 0 Å². The SMILES string of the molecule is CCOC(=O)c1ccc(-c2ccc(C#N)cc2-c2ccc(C(=O)OCC)cc2)cc1. The van der Waals surface area contributed by atoms with E-state index in [0.29, 0.717) is 29.9 Å². The van der Waals surface area contributed by atoms with E-state index in [2.05, 4.69) is 6.07 Å². The fourth-order valence-electron chi connectivity index (χ4n) is 3.10. The van der Waals surface area contributed by atoms with Crippen LogP contribution in [0, 0.1) is 11.3 Å². The van der Waals surface area contributed by atoms with Gasteiger partial charge in [0.1, 0.15) is 0 Å². The quantitative estimate of drug-likeness (QED) is 0.530. The molecule has 5 heteroatoms. The van der Waals surface area contributed by atoms with Gasteiger partial charge < -0.3 is 9.47 Å². The predicted molar refractivity (Wildman–Crippen MR) is 114 cm³/mol. The Morgan fingerprint density at radius 2 is 1.20 bits per heavy atom. The van der Waals surface area contributed by atoms with Gasteiger partial charge in [-0.1, -0.05) is 30.3 Å². The lowest BCUT2D eigenvalue weighted by atomic mass is 9.92. The van der Waals surface area contributed by atoms with Crippen molar-refractivity contribution in [1.82, 2.24) is 0 Å². The average Bonchev–Trinajstić information content (AvgIpc) is 2.79. The molecule has 0 amide bonds. The van der Waals surface area contributed by atoms with Gasteiger partial charge in [0.25, 0.3) is 0 Å². The highest BCUT2D eigenvalue weighted by Crippen LogP contribution is 2.33. The number of esters is 2. The Morgan fingerprint density at radius 1 is 0.733 bits per heavy atom. The van der Waals surface area contributed by atoms with Gasteiger partial charge in [0, 0.05) is 0 Å². The molecule has 0 spiro atoms. The molecule has 5 nitrogen and oxygen atoms in total. The van der Waals surface area contributed by atoms with Gasteiger partial charge in [-0.15, -0.1) is 0 Å². The van der Waals surface area contributed by atoms with E-state index in [1.807, 2.05) is 36.4 Å². The maximum atomic E-state index is 11.9. The number of carbonyl (C=O) groups is 2. The van der Waals surface area contributed by atoms with Crippen LogP contribution in [-0.2, 0) is 9.47 Å². The minimum atomic E-state index is -0.371. The molecule has 0 heterocycles. The van der Waals surface area contributed by atoms with Crippen molar-refractivity contribution in [2.75, 3.05) is 13.2 Å². The Balaban J connectivity index is 2.00. The lowest BCUT2D eigenvalue weighted by Crippen LogP contribution is -2.04. The lowest BCUT2D eigenvalue weighted by Gasteiger charge is -2.12. The molecule has 0 N–H and O–H groups in total. The van der Waals surface area contributed by atoms with E-state index in [1.54, 1.807) is 44.2 Å². The molecule has 0 aliphatic rings. The third kappa shape index (κ3) is 4.56. The fraction of sp³-hybridized carbons (Fsp3) is 0.160. The summed E-state index contributed by atoms with van der Waals surface area (Å²) >= 11 is 0. The highest BCUT2D eigenvalue weighted by molar-refractivity contribution is 5.92. The van der Waals surface area contributed by atoms with Gasteiger partial charge in [0.05, 0.1) is 36.0 Å². The molecule has 0 aromatic heterocycles. The zero-order chi connectivity index (χ0) is 21.5. The number of carbonyl (C=O) groups excluding carboxylic acids is 2. The molecule has 0 atom stereocenters. The summed E-state index contributed by atoms with van der Waals surface area (Å²) < 4.78 is 10.1. The Hall–Kier alpha value is -3.91. The molecule has 150 valence electrons. The summed E-state index contributed by atoms with van der Waals surface area (Å²) in [5.74, 6) is -0.733. The average molecular weight is 399 g/mol. The number of hydrogen-bond acceptors (Lipinski definition) is 5. The van der Waals surface area contributed by atoms with E-state index in [0.717, 1.165) is 22.3 Å². The van der Waals surface area contributed by atoms with Gasteiger partial charge in [-0.3, -0.25) is 0 Å². The van der Waals surface area contributed by atoms with Crippen molar-refractivity contribution in [2.24, 2.45) is 0 Å². The van der Waals surface area contributed by atoms with E-state index in [1.165, 1.54) is 0 Å². The van der Waals surface area contributed by atoms with E-state index in [-0.39, 0.29) is 11.9 Å². The number of hydrogen-bond donors (Lipinski definition) is 0. The van der Waals surface area contributed by atoms with Crippen LogP contribution in [0.15, 0.2) is 66.7 Å². The molecular formula is C25H21NO4. The Morgan fingerprint density at radius 3 is 1.63 bits per heavy atom. The topological polar surface area (TPSA) is 76.4 Å². The predicted octanol–water partition coefficient (Wildman–Crippen LogP) is 5.25. The Labute approximate surface area is 175 Å². The van der Waals surface area contributed by atoms with Crippen molar-refractivity contribution >= 4 is 11.9 Å². The summed E-state index contributed by atoms with van der Waals surface area (Å²) in [5, 5.41) is 9.33. The highest BCUT2D eigenvalue weighted by Gasteiger charge is 2.12. The van der Waals surface area contributed by atoms with Gasteiger partial charge in [-0.25, -0.2) is 9.59 Å². The minimum Gasteiger partial charge on any atom is -0.462 e. The van der Waals surface area contributed by atoms with Crippen LogP contribution in [0.4, 0.5) is 0 Å². The summed E-state index contributed by atoms with van der Waals surface area (Å²) in [7, 11) is 0. The molecule has 0 radical (unpaired) electrons. The van der Waals surface area contributed by atoms with Crippen LogP contribution in [0.1, 0.15) is 40.1 Å². The third-order valence-corrected chi connectivity index (χ3v) is 4.56. The van der Waals surface area contributed by atoms with E-state index < -0.39 is 0 Å². The zero-order valence-electron chi connectivity index (χ0n) is 16.8. The minimum absolute atomic E-state index is 0.316. The van der Waals surface area contributed by atoms with Gasteiger partial charge in [-0.05, 0) is 72.5 Å². The smallest absolute Gasteiger partial charge is 0.338 e. The third-order valence-electron chi connectivity index (χ3n) is 4.56. The van der Waals surface area contributed by atoms with Crippen LogP contribution in [0.5, 0.6) is 0 Å². The highest BCUT2D eigenvalue weighted by atomic mass is 16.5. The maximum Gasteiger partial charge on any atom is 0.338 e. The molecule has 0 bridgehead atoms. The van der Waals surface area contributed by atoms with E-state index in [9.17, 15) is 14.9 Å². The van der Waals surface area contributed by atoms with Crippen LogP contribution in [0.3, 0.4) is 0 Å². The summed E-state index contributed by atoms with van der Waals surface area (Å²) in [4.78, 5) is 23.8. The van der Waals surface area contributed by atoms with Crippen molar-refractivity contribution < 1.29 is 19.1 Å². The molecule has 0 aliphatic carbocycles. The largest absolute Gasteiger partial charge is 0.462 e. The monoisotopic (exact) mass is 399 g/mol. The number of ether oxygens (including phenoxy) is 2. The van der Waals surface area contributed by atoms with Gasteiger partial charge in [0.2, 0.25) is 0 Å². The molecule has 30 heavy (non-hydrogen) atoms. The van der Waals surface area contributed by atoms with Gasteiger partial charge in [-0.2, -0.15) is 5.26 Å². The molecule has 0 saturated heterocycles. The molecule has 0 saturated carbocycles. The zero-order valence-corrected chi connectivity index (χ0v) is 16.8. The summed E-state index contributed by atoms with van der Waals surface area (Å²) in [6.45, 7) is 4.17. The first kappa shape index (κ1) is 20.8. The van der Waals surface area contributed by atoms with Crippen molar-refractivity contribution in [2.45, 2.75) is 13.8 Å². The summed E-state index contributed by atoms with van der Waals surface area (Å²) in [6.07, 6.45) is 0. The number of rotatable bonds is 6. The second-order valence-electron chi connectivity index (χ2n) is 6.47. The van der Waals surface area contributed by atoms with Gasteiger partial charge >= 0.3 is 11.9 Å². The summed E-state index contributed by atoms with van der Waals surface area (Å²) in [6, 6.07) is 21.8. The number of nitrogens with zero attached hydrogens (tertiary/aromatic N) is 1. The maximum absolute atomic E-state index is 11.9. The van der Waals surface area contributed by atoms with E-state index in [4.69, 9.17) is 9.47 Å². The van der Waals surface area contributed by atoms with Crippen molar-refractivity contribution in [3.05, 3.63) is 83.4 Å². The molecular weight excluding hydrogens is 378 g/mol. The second-order valence-corrected chi connectivity index (χ2v) is 6.47. The molecule has 3 aromatic carbocycles. The molecule has 0 aliphatic heterocycles. The van der Waals surface area contributed by atoms with Crippen LogP contribution < -0.4 is 0 Å². The fourth-order valence-corrected chi connectivity index (χ4v) is 3.10. The molecule has 3 rings (SSSR count). The second kappa shape index (κ2) is 9.53. The molecule has 0 fully saturated rings. The molecule has 0 unspecified atom stereocenters. The first-order valence-electron chi connectivity index (χ1n) is 9.66. The Kier molecular flexibility index (Phi) is 6.61. The van der Waals surface area contributed by atoms with Crippen molar-refractivity contribution in [3.63, 3.8) is 0 Å². The van der Waals surface area contributed by atoms with Crippen LogP contribution in [-0.4, -0.2) is 25.2 Å². The van der Waals surface area contributed by atoms with Crippen molar-refractivity contribution in [3.8, 4) is 28.3 Å². The standard InChI is InChI=1S/C25H21NO4/c1-3-29-24(27)20-10-6-18(7-11-20)22-14-5-17(16-26)15-23(22)19-8-12-21(13-9-19)25(28)30-4-2/h5-15H,3-4H2,1-2H3. The lowest BCUT2D eigenvalue weighted by molar-refractivity contribution is 0.0517. The van der Waals surface area contributed by atoms with Crippen LogP contribution >= 0.6 is 0 Å². The van der Waals surface area contributed by atoms with Crippen molar-refractivity contribution in [1.29, 1.82) is 5.26 Å².